The molecular formula is C16H23N5O2. The van der Waals surface area contributed by atoms with E-state index in [1.807, 2.05) is 18.3 Å². The number of rotatable bonds is 7. The van der Waals surface area contributed by atoms with Gasteiger partial charge in [0.25, 0.3) is 0 Å². The van der Waals surface area contributed by atoms with E-state index >= 15 is 0 Å². The van der Waals surface area contributed by atoms with Crippen molar-refractivity contribution in [2.75, 3.05) is 18.9 Å². The molecule has 0 aromatic carbocycles. The fraction of sp³-hybridized carbons (Fsp3) is 0.438. The molecule has 7 nitrogen and oxygen atoms in total. The number of nitrogens with zero attached hydrogens (tertiary/aromatic N) is 4. The number of aryl methyl sites for hydroxylation is 2. The molecule has 0 aliphatic rings. The van der Waals surface area contributed by atoms with Gasteiger partial charge in [-0.2, -0.15) is 5.10 Å². The van der Waals surface area contributed by atoms with Crippen LogP contribution in [-0.2, 0) is 13.0 Å². The SMILES string of the molecule is CC(O)CCN(C)C(=O)Nc1ccn(CCc2ccncc2)n1. The molecular weight excluding hydrogens is 294 g/mol. The molecule has 7 heteroatoms. The third kappa shape index (κ3) is 5.71. The van der Waals surface area contributed by atoms with Crippen LogP contribution >= 0.6 is 0 Å². The van der Waals surface area contributed by atoms with Crippen LogP contribution in [0.5, 0.6) is 0 Å². The lowest BCUT2D eigenvalue weighted by atomic mass is 10.2. The molecule has 0 saturated heterocycles. The summed E-state index contributed by atoms with van der Waals surface area (Å²) in [6, 6.07) is 5.49. The zero-order valence-corrected chi connectivity index (χ0v) is 13.5. The highest BCUT2D eigenvalue weighted by Gasteiger charge is 2.11. The summed E-state index contributed by atoms with van der Waals surface area (Å²) in [5.41, 5.74) is 1.19. The van der Waals surface area contributed by atoms with Gasteiger partial charge >= 0.3 is 6.03 Å². The van der Waals surface area contributed by atoms with Crippen molar-refractivity contribution in [2.45, 2.75) is 32.4 Å². The second kappa shape index (κ2) is 8.28. The maximum atomic E-state index is 12.0. The Balaban J connectivity index is 1.81. The summed E-state index contributed by atoms with van der Waals surface area (Å²) < 4.78 is 1.80. The molecule has 23 heavy (non-hydrogen) atoms. The summed E-state index contributed by atoms with van der Waals surface area (Å²) in [4.78, 5) is 17.5. The number of urea groups is 1. The van der Waals surface area contributed by atoms with Gasteiger partial charge in [0.1, 0.15) is 0 Å². The van der Waals surface area contributed by atoms with Gasteiger partial charge in [0.05, 0.1) is 6.10 Å². The van der Waals surface area contributed by atoms with Crippen LogP contribution in [0.2, 0.25) is 0 Å². The molecule has 1 atom stereocenters. The van der Waals surface area contributed by atoms with Crippen molar-refractivity contribution in [1.82, 2.24) is 19.7 Å². The lowest BCUT2D eigenvalue weighted by Gasteiger charge is -2.17. The Kier molecular flexibility index (Phi) is 6.10. The van der Waals surface area contributed by atoms with Gasteiger partial charge in [0.2, 0.25) is 0 Å². The summed E-state index contributed by atoms with van der Waals surface area (Å²) in [5, 5.41) is 16.3. The molecule has 2 heterocycles. The van der Waals surface area contributed by atoms with Gasteiger partial charge in [-0.1, -0.05) is 0 Å². The number of hydrogen-bond acceptors (Lipinski definition) is 4. The fourth-order valence-corrected chi connectivity index (χ4v) is 2.03. The normalized spacial score (nSPS) is 12.0. The van der Waals surface area contributed by atoms with E-state index in [0.29, 0.717) is 18.8 Å². The van der Waals surface area contributed by atoms with Crippen molar-refractivity contribution in [3.8, 4) is 0 Å². The van der Waals surface area contributed by atoms with Crippen LogP contribution in [0.3, 0.4) is 0 Å². The highest BCUT2D eigenvalue weighted by atomic mass is 16.3. The van der Waals surface area contributed by atoms with E-state index in [4.69, 9.17) is 0 Å². The van der Waals surface area contributed by atoms with E-state index in [0.717, 1.165) is 13.0 Å². The highest BCUT2D eigenvalue weighted by molar-refractivity contribution is 5.87. The van der Waals surface area contributed by atoms with Crippen LogP contribution in [-0.4, -0.2) is 50.5 Å². The van der Waals surface area contributed by atoms with E-state index < -0.39 is 6.10 Å². The number of anilines is 1. The van der Waals surface area contributed by atoms with Crippen molar-refractivity contribution in [2.24, 2.45) is 0 Å². The van der Waals surface area contributed by atoms with Crippen LogP contribution in [0.1, 0.15) is 18.9 Å². The Labute approximate surface area is 136 Å². The lowest BCUT2D eigenvalue weighted by molar-refractivity contribution is 0.167. The fourth-order valence-electron chi connectivity index (χ4n) is 2.03. The molecule has 0 radical (unpaired) electrons. The largest absolute Gasteiger partial charge is 0.393 e. The molecule has 124 valence electrons. The molecule has 1 unspecified atom stereocenters. The Morgan fingerprint density at radius 3 is 2.83 bits per heavy atom. The lowest BCUT2D eigenvalue weighted by Crippen LogP contribution is -2.33. The summed E-state index contributed by atoms with van der Waals surface area (Å²) >= 11 is 0. The van der Waals surface area contributed by atoms with Gasteiger partial charge in [-0.3, -0.25) is 15.0 Å². The number of carbonyl (C=O) groups excluding carboxylic acids is 1. The minimum Gasteiger partial charge on any atom is -0.393 e. The van der Waals surface area contributed by atoms with Crippen molar-refractivity contribution in [3.63, 3.8) is 0 Å². The summed E-state index contributed by atoms with van der Waals surface area (Å²) in [6.07, 6.45) is 6.36. The van der Waals surface area contributed by atoms with Crippen LogP contribution in [0.4, 0.5) is 10.6 Å². The molecule has 2 amide bonds. The van der Waals surface area contributed by atoms with Crippen molar-refractivity contribution in [3.05, 3.63) is 42.4 Å². The quantitative estimate of drug-likeness (QED) is 0.815. The molecule has 0 aliphatic heterocycles. The number of aliphatic hydroxyl groups is 1. The van der Waals surface area contributed by atoms with E-state index in [1.165, 1.54) is 10.5 Å². The first-order valence-electron chi connectivity index (χ1n) is 7.67. The number of carbonyl (C=O) groups is 1. The topological polar surface area (TPSA) is 83.3 Å². The number of amides is 2. The number of pyridine rings is 1. The van der Waals surface area contributed by atoms with Crippen LogP contribution in [0.15, 0.2) is 36.8 Å². The molecule has 0 fully saturated rings. The predicted octanol–water partition coefficient (Wildman–Crippen LogP) is 1.76. The molecule has 0 saturated carbocycles. The van der Waals surface area contributed by atoms with E-state index in [2.05, 4.69) is 15.4 Å². The summed E-state index contributed by atoms with van der Waals surface area (Å²) in [7, 11) is 1.69. The van der Waals surface area contributed by atoms with Crippen LogP contribution in [0.25, 0.3) is 0 Å². The van der Waals surface area contributed by atoms with Gasteiger partial charge in [-0.05, 0) is 37.5 Å². The van der Waals surface area contributed by atoms with E-state index in [9.17, 15) is 9.90 Å². The van der Waals surface area contributed by atoms with Gasteiger partial charge in [-0.25, -0.2) is 4.79 Å². The Morgan fingerprint density at radius 2 is 2.13 bits per heavy atom. The second-order valence-electron chi connectivity index (χ2n) is 5.56. The Morgan fingerprint density at radius 1 is 1.39 bits per heavy atom. The molecule has 0 aliphatic carbocycles. The predicted molar refractivity (Wildman–Crippen MR) is 88.1 cm³/mol. The smallest absolute Gasteiger partial charge is 0.322 e. The zero-order valence-electron chi connectivity index (χ0n) is 13.5. The minimum absolute atomic E-state index is 0.231. The average molecular weight is 317 g/mol. The number of nitrogens with one attached hydrogen (secondary N) is 1. The second-order valence-corrected chi connectivity index (χ2v) is 5.56. The number of aliphatic hydroxyl groups excluding tert-OH is 1. The van der Waals surface area contributed by atoms with Crippen molar-refractivity contribution in [1.29, 1.82) is 0 Å². The first-order valence-corrected chi connectivity index (χ1v) is 7.67. The third-order valence-corrected chi connectivity index (χ3v) is 3.48. The van der Waals surface area contributed by atoms with E-state index in [-0.39, 0.29) is 6.03 Å². The zero-order chi connectivity index (χ0) is 16.7. The van der Waals surface area contributed by atoms with Gasteiger partial charge in [-0.15, -0.1) is 0 Å². The molecule has 2 N–H and O–H groups in total. The van der Waals surface area contributed by atoms with Crippen LogP contribution < -0.4 is 5.32 Å². The van der Waals surface area contributed by atoms with E-state index in [1.54, 1.807) is 37.1 Å². The summed E-state index contributed by atoms with van der Waals surface area (Å²) in [5.74, 6) is 0.522. The minimum atomic E-state index is -0.419. The molecule has 2 aromatic rings. The number of hydrogen-bond donors (Lipinski definition) is 2. The van der Waals surface area contributed by atoms with Crippen molar-refractivity contribution < 1.29 is 9.90 Å². The van der Waals surface area contributed by atoms with Crippen LogP contribution in [0, 0.1) is 0 Å². The average Bonchev–Trinajstić information content (AvgIpc) is 2.99. The Hall–Kier alpha value is -2.41. The van der Waals surface area contributed by atoms with Gasteiger partial charge in [0.15, 0.2) is 5.82 Å². The molecule has 0 spiro atoms. The van der Waals surface area contributed by atoms with Gasteiger partial charge in [0, 0.05) is 44.8 Å². The van der Waals surface area contributed by atoms with Gasteiger partial charge < -0.3 is 10.0 Å². The molecule has 0 bridgehead atoms. The molecule has 2 aromatic heterocycles. The first kappa shape index (κ1) is 17.0. The monoisotopic (exact) mass is 317 g/mol. The Bertz CT molecular complexity index is 612. The standard InChI is InChI=1S/C16H23N5O2/c1-13(22)5-10-20(2)16(23)18-15-7-12-21(19-15)11-6-14-3-8-17-9-4-14/h3-4,7-9,12-13,22H,5-6,10-11H2,1-2H3,(H,18,19,23). The highest BCUT2D eigenvalue weighted by Crippen LogP contribution is 2.06. The molecule has 2 rings (SSSR count). The maximum absolute atomic E-state index is 12.0. The van der Waals surface area contributed by atoms with Crippen molar-refractivity contribution >= 4 is 11.8 Å². The maximum Gasteiger partial charge on any atom is 0.322 e. The number of aromatic nitrogens is 3. The third-order valence-electron chi connectivity index (χ3n) is 3.48. The summed E-state index contributed by atoms with van der Waals surface area (Å²) in [6.45, 7) is 2.93. The first-order chi connectivity index (χ1) is 11.0.